The van der Waals surface area contributed by atoms with Gasteiger partial charge in [-0.15, -0.1) is 0 Å². The number of anilines is 3. The molecule has 0 bridgehead atoms. The molecule has 0 saturated carbocycles. The van der Waals surface area contributed by atoms with Gasteiger partial charge in [0.15, 0.2) is 0 Å². The smallest absolute Gasteiger partial charge is 0.323 e. The highest BCUT2D eigenvalue weighted by Gasteiger charge is 2.02. The van der Waals surface area contributed by atoms with E-state index in [4.69, 9.17) is 10.8 Å². The van der Waals surface area contributed by atoms with Crippen molar-refractivity contribution in [1.29, 1.82) is 0 Å². The molecule has 106 valence electrons. The standard InChI is InChI=1S/C14H15N3O.CH4O/c1-10-4-2-6-12(8-10)16-14(18)17-13-7-3-5-11(15)9-13;1-2/h2-9H,15H2,1H3,(H2,16,17,18);2H,1H3. The fraction of sp³-hybridized carbons (Fsp3) is 0.133. The lowest BCUT2D eigenvalue weighted by molar-refractivity contribution is 0.262. The zero-order valence-corrected chi connectivity index (χ0v) is 11.6. The molecule has 0 spiro atoms. The Morgan fingerprint density at radius 3 is 2.10 bits per heavy atom. The zero-order chi connectivity index (χ0) is 15.0. The molecule has 2 rings (SSSR count). The monoisotopic (exact) mass is 273 g/mol. The summed E-state index contributed by atoms with van der Waals surface area (Å²) in [5.41, 5.74) is 8.77. The maximum atomic E-state index is 11.7. The fourth-order valence-electron chi connectivity index (χ4n) is 1.63. The Labute approximate surface area is 118 Å². The van der Waals surface area contributed by atoms with Gasteiger partial charge in [0, 0.05) is 24.2 Å². The number of amides is 2. The molecular weight excluding hydrogens is 254 g/mol. The summed E-state index contributed by atoms with van der Waals surface area (Å²) in [5.74, 6) is 0. The number of aliphatic hydroxyl groups is 1. The molecule has 0 atom stereocenters. The van der Waals surface area contributed by atoms with Crippen LogP contribution >= 0.6 is 0 Å². The minimum Gasteiger partial charge on any atom is -0.400 e. The van der Waals surface area contributed by atoms with Crippen LogP contribution < -0.4 is 16.4 Å². The Bertz CT molecular complexity index is 521. The van der Waals surface area contributed by atoms with E-state index in [1.807, 2.05) is 31.2 Å². The number of urea groups is 1. The van der Waals surface area contributed by atoms with Crippen LogP contribution in [0.25, 0.3) is 0 Å². The lowest BCUT2D eigenvalue weighted by atomic mass is 10.2. The van der Waals surface area contributed by atoms with Gasteiger partial charge in [-0.3, -0.25) is 0 Å². The zero-order valence-electron chi connectivity index (χ0n) is 11.6. The molecule has 0 aromatic heterocycles. The fourth-order valence-corrected chi connectivity index (χ4v) is 1.63. The van der Waals surface area contributed by atoms with Gasteiger partial charge >= 0.3 is 6.03 Å². The number of nitrogens with one attached hydrogen (secondary N) is 2. The quantitative estimate of drug-likeness (QED) is 0.634. The highest BCUT2D eigenvalue weighted by atomic mass is 16.2. The number of aliphatic hydroxyl groups excluding tert-OH is 1. The van der Waals surface area contributed by atoms with Gasteiger partial charge in [0.2, 0.25) is 0 Å². The lowest BCUT2D eigenvalue weighted by Crippen LogP contribution is -2.19. The first kappa shape index (κ1) is 15.5. The Hall–Kier alpha value is -2.53. The van der Waals surface area contributed by atoms with Crippen molar-refractivity contribution < 1.29 is 9.90 Å². The van der Waals surface area contributed by atoms with Crippen LogP contribution in [0.15, 0.2) is 48.5 Å². The van der Waals surface area contributed by atoms with Crippen molar-refractivity contribution >= 4 is 23.1 Å². The second kappa shape index (κ2) is 7.81. The molecule has 5 heteroatoms. The van der Waals surface area contributed by atoms with Gasteiger partial charge in [-0.1, -0.05) is 18.2 Å². The number of benzene rings is 2. The molecule has 0 radical (unpaired) electrons. The molecule has 0 saturated heterocycles. The van der Waals surface area contributed by atoms with E-state index in [1.165, 1.54) is 0 Å². The Morgan fingerprint density at radius 1 is 1.00 bits per heavy atom. The second-order valence-electron chi connectivity index (χ2n) is 4.07. The molecular formula is C15H19N3O2. The van der Waals surface area contributed by atoms with E-state index in [1.54, 1.807) is 24.3 Å². The number of hydrogen-bond donors (Lipinski definition) is 4. The number of carbonyl (C=O) groups excluding carboxylic acids is 1. The summed E-state index contributed by atoms with van der Waals surface area (Å²) in [7, 11) is 1.00. The Morgan fingerprint density at radius 2 is 1.55 bits per heavy atom. The molecule has 0 aliphatic heterocycles. The molecule has 5 N–H and O–H groups in total. The average molecular weight is 273 g/mol. The molecule has 0 aliphatic carbocycles. The average Bonchev–Trinajstić information content (AvgIpc) is 2.41. The van der Waals surface area contributed by atoms with Crippen molar-refractivity contribution in [2.45, 2.75) is 6.92 Å². The van der Waals surface area contributed by atoms with Crippen LogP contribution in [0.2, 0.25) is 0 Å². The summed E-state index contributed by atoms with van der Waals surface area (Å²) in [6.07, 6.45) is 0. The van der Waals surface area contributed by atoms with E-state index < -0.39 is 0 Å². The summed E-state index contributed by atoms with van der Waals surface area (Å²) in [5, 5.41) is 12.5. The number of rotatable bonds is 2. The summed E-state index contributed by atoms with van der Waals surface area (Å²) in [6.45, 7) is 1.97. The third-order valence-electron chi connectivity index (χ3n) is 2.42. The van der Waals surface area contributed by atoms with E-state index in [0.29, 0.717) is 11.4 Å². The molecule has 0 aliphatic rings. The number of aryl methyl sites for hydroxylation is 1. The maximum absolute atomic E-state index is 11.7. The van der Waals surface area contributed by atoms with Crippen LogP contribution in [-0.2, 0) is 0 Å². The van der Waals surface area contributed by atoms with Gasteiger partial charge in [0.25, 0.3) is 0 Å². The summed E-state index contributed by atoms with van der Waals surface area (Å²) in [6, 6.07) is 14.4. The molecule has 0 unspecified atom stereocenters. The van der Waals surface area contributed by atoms with Gasteiger partial charge in [-0.25, -0.2) is 4.79 Å². The number of nitrogens with two attached hydrogens (primary N) is 1. The highest BCUT2D eigenvalue weighted by molar-refractivity contribution is 5.99. The summed E-state index contributed by atoms with van der Waals surface area (Å²) < 4.78 is 0. The van der Waals surface area contributed by atoms with Crippen LogP contribution in [0, 0.1) is 6.92 Å². The second-order valence-corrected chi connectivity index (χ2v) is 4.07. The van der Waals surface area contributed by atoms with Crippen LogP contribution in [-0.4, -0.2) is 18.2 Å². The number of hydrogen-bond acceptors (Lipinski definition) is 3. The Balaban J connectivity index is 0.000000956. The summed E-state index contributed by atoms with van der Waals surface area (Å²) in [4.78, 5) is 11.7. The lowest BCUT2D eigenvalue weighted by Gasteiger charge is -2.08. The van der Waals surface area contributed by atoms with Gasteiger partial charge < -0.3 is 21.5 Å². The minimum absolute atomic E-state index is 0.286. The largest absolute Gasteiger partial charge is 0.400 e. The van der Waals surface area contributed by atoms with Crippen molar-refractivity contribution in [2.75, 3.05) is 23.5 Å². The van der Waals surface area contributed by atoms with Crippen molar-refractivity contribution in [2.24, 2.45) is 0 Å². The van der Waals surface area contributed by atoms with E-state index in [2.05, 4.69) is 10.6 Å². The molecule has 5 nitrogen and oxygen atoms in total. The van der Waals surface area contributed by atoms with Gasteiger partial charge in [-0.05, 0) is 42.8 Å². The predicted octanol–water partition coefficient (Wildman–Crippen LogP) is 2.83. The van der Waals surface area contributed by atoms with Crippen molar-refractivity contribution in [1.82, 2.24) is 0 Å². The van der Waals surface area contributed by atoms with E-state index in [9.17, 15) is 4.79 Å². The van der Waals surface area contributed by atoms with Crippen molar-refractivity contribution in [3.05, 3.63) is 54.1 Å². The minimum atomic E-state index is -0.286. The topological polar surface area (TPSA) is 87.4 Å². The van der Waals surface area contributed by atoms with Crippen molar-refractivity contribution in [3.8, 4) is 0 Å². The molecule has 2 amide bonds. The third kappa shape index (κ3) is 4.99. The molecule has 0 fully saturated rings. The van der Waals surface area contributed by atoms with Gasteiger partial charge in [0.1, 0.15) is 0 Å². The predicted molar refractivity (Wildman–Crippen MR) is 82.8 cm³/mol. The van der Waals surface area contributed by atoms with Gasteiger partial charge in [-0.2, -0.15) is 0 Å². The first-order chi connectivity index (χ1) is 9.63. The van der Waals surface area contributed by atoms with Crippen LogP contribution in [0.3, 0.4) is 0 Å². The molecule has 20 heavy (non-hydrogen) atoms. The first-order valence-corrected chi connectivity index (χ1v) is 6.08. The Kier molecular flexibility index (Phi) is 6.06. The number of nitrogen functional groups attached to an aromatic ring is 1. The highest BCUT2D eigenvalue weighted by Crippen LogP contribution is 2.13. The maximum Gasteiger partial charge on any atom is 0.323 e. The van der Waals surface area contributed by atoms with Crippen LogP contribution in [0.5, 0.6) is 0 Å². The van der Waals surface area contributed by atoms with Crippen LogP contribution in [0.1, 0.15) is 5.56 Å². The third-order valence-corrected chi connectivity index (χ3v) is 2.42. The summed E-state index contributed by atoms with van der Waals surface area (Å²) >= 11 is 0. The van der Waals surface area contributed by atoms with Crippen molar-refractivity contribution in [3.63, 3.8) is 0 Å². The van der Waals surface area contributed by atoms with E-state index in [-0.39, 0.29) is 6.03 Å². The first-order valence-electron chi connectivity index (χ1n) is 6.08. The van der Waals surface area contributed by atoms with E-state index >= 15 is 0 Å². The van der Waals surface area contributed by atoms with Gasteiger partial charge in [0.05, 0.1) is 0 Å². The van der Waals surface area contributed by atoms with E-state index in [0.717, 1.165) is 18.4 Å². The molecule has 2 aromatic carbocycles. The normalized spacial score (nSPS) is 9.15. The van der Waals surface area contributed by atoms with Crippen LogP contribution in [0.4, 0.5) is 21.9 Å². The molecule has 2 aromatic rings. The SMILES string of the molecule is CO.Cc1cccc(NC(=O)Nc2cccc(N)c2)c1. The number of carbonyl (C=O) groups is 1. The molecule has 0 heterocycles.